The second-order valence-electron chi connectivity index (χ2n) is 5.75. The van der Waals surface area contributed by atoms with Crippen LogP contribution in [0.3, 0.4) is 0 Å². The fourth-order valence-electron chi connectivity index (χ4n) is 3.05. The first-order valence-electron chi connectivity index (χ1n) is 7.35. The monoisotopic (exact) mass is 309 g/mol. The van der Waals surface area contributed by atoms with Gasteiger partial charge in [0.2, 0.25) is 0 Å². The molecule has 0 aliphatic heterocycles. The highest BCUT2D eigenvalue weighted by atomic mass is 16.6. The van der Waals surface area contributed by atoms with Crippen molar-refractivity contribution in [3.05, 3.63) is 75.4 Å². The Balaban J connectivity index is 1.92. The number of Topliss-reactive ketones (excluding diaryl/α,β-unsaturated/α-hetero) is 2. The van der Waals surface area contributed by atoms with Crippen LogP contribution in [0, 0.1) is 22.0 Å². The van der Waals surface area contributed by atoms with Crippen molar-refractivity contribution in [2.45, 2.75) is 13.3 Å². The van der Waals surface area contributed by atoms with Gasteiger partial charge in [0.15, 0.2) is 11.6 Å². The third-order valence-electron chi connectivity index (χ3n) is 4.39. The molecule has 0 saturated carbocycles. The van der Waals surface area contributed by atoms with E-state index in [1.165, 1.54) is 12.1 Å². The van der Waals surface area contributed by atoms with Crippen molar-refractivity contribution < 1.29 is 14.5 Å². The minimum atomic E-state index is -0.465. The maximum atomic E-state index is 12.7. The summed E-state index contributed by atoms with van der Waals surface area (Å²) in [6, 6.07) is 6.07. The molecule has 2 aliphatic carbocycles. The third-order valence-corrected chi connectivity index (χ3v) is 4.39. The van der Waals surface area contributed by atoms with E-state index in [0.717, 1.165) is 5.56 Å². The number of hydrogen-bond donors (Lipinski definition) is 0. The number of benzene rings is 1. The van der Waals surface area contributed by atoms with Crippen LogP contribution >= 0.6 is 0 Å². The van der Waals surface area contributed by atoms with Crippen LogP contribution in [0.1, 0.15) is 12.5 Å². The van der Waals surface area contributed by atoms with E-state index in [1.807, 2.05) is 0 Å². The second kappa shape index (κ2) is 5.76. The van der Waals surface area contributed by atoms with Gasteiger partial charge in [-0.05, 0) is 18.1 Å². The molecule has 2 atom stereocenters. The molecule has 116 valence electrons. The lowest BCUT2D eigenvalue weighted by atomic mass is 9.71. The number of nitro groups is 1. The van der Waals surface area contributed by atoms with Gasteiger partial charge in [0.05, 0.1) is 16.8 Å². The normalized spacial score (nSPS) is 23.2. The van der Waals surface area contributed by atoms with Gasteiger partial charge in [-0.25, -0.2) is 0 Å². The zero-order valence-corrected chi connectivity index (χ0v) is 12.6. The number of hydrogen-bond acceptors (Lipinski definition) is 4. The molecular weight excluding hydrogens is 294 g/mol. The highest BCUT2D eigenvalue weighted by Gasteiger charge is 2.39. The molecule has 0 amide bonds. The first-order chi connectivity index (χ1) is 11.0. The fraction of sp³-hybridized carbons (Fsp3) is 0.222. The van der Waals surface area contributed by atoms with E-state index >= 15 is 0 Å². The number of carbonyl (C=O) groups excluding carboxylic acids is 2. The van der Waals surface area contributed by atoms with E-state index in [2.05, 4.69) is 0 Å². The minimum absolute atomic E-state index is 0.00548. The van der Waals surface area contributed by atoms with Gasteiger partial charge >= 0.3 is 0 Å². The highest BCUT2D eigenvalue weighted by molar-refractivity contribution is 6.15. The molecule has 0 spiro atoms. The Kier molecular flexibility index (Phi) is 3.78. The van der Waals surface area contributed by atoms with Crippen LogP contribution in [-0.2, 0) is 16.0 Å². The van der Waals surface area contributed by atoms with Crippen LogP contribution < -0.4 is 0 Å². The molecule has 2 unspecified atom stereocenters. The van der Waals surface area contributed by atoms with Crippen molar-refractivity contribution in [1.29, 1.82) is 0 Å². The molecule has 3 rings (SSSR count). The van der Waals surface area contributed by atoms with Crippen LogP contribution in [0.25, 0.3) is 0 Å². The van der Waals surface area contributed by atoms with Gasteiger partial charge in [-0.3, -0.25) is 19.7 Å². The van der Waals surface area contributed by atoms with Gasteiger partial charge in [0.1, 0.15) is 0 Å². The standard InChI is InChI=1S/C18H15NO4/c1-11-16(10-12-6-8-13(9-7-12)19(22)23)18(21)15-5-3-2-4-14(15)17(11)20/h2-9,14-15H,10H2,1H3. The van der Waals surface area contributed by atoms with Crippen LogP contribution in [0.5, 0.6) is 0 Å². The number of nitro benzene ring substituents is 1. The molecule has 0 fully saturated rings. The molecule has 0 radical (unpaired) electrons. The summed E-state index contributed by atoms with van der Waals surface area (Å²) in [6.07, 6.45) is 7.44. The molecule has 1 aromatic rings. The smallest absolute Gasteiger partial charge is 0.269 e. The Bertz CT molecular complexity index is 784. The SMILES string of the molecule is CC1=C(Cc2ccc([N+](=O)[O-])cc2)C(=O)C2C=CC=CC2C1=O. The second-order valence-corrected chi connectivity index (χ2v) is 5.75. The maximum absolute atomic E-state index is 12.7. The molecule has 0 aromatic heterocycles. The van der Waals surface area contributed by atoms with Crippen molar-refractivity contribution in [1.82, 2.24) is 0 Å². The summed E-state index contributed by atoms with van der Waals surface area (Å²) >= 11 is 0. The Hall–Kier alpha value is -2.82. The van der Waals surface area contributed by atoms with Crippen molar-refractivity contribution in [3.63, 3.8) is 0 Å². The Morgan fingerprint density at radius 2 is 1.57 bits per heavy atom. The van der Waals surface area contributed by atoms with Crippen molar-refractivity contribution in [3.8, 4) is 0 Å². The predicted molar refractivity (Wildman–Crippen MR) is 84.8 cm³/mol. The highest BCUT2D eigenvalue weighted by Crippen LogP contribution is 2.34. The van der Waals surface area contributed by atoms with Gasteiger partial charge < -0.3 is 0 Å². The molecule has 0 bridgehead atoms. The fourth-order valence-corrected chi connectivity index (χ4v) is 3.05. The number of fused-ring (bicyclic) bond motifs is 1. The Morgan fingerprint density at radius 1 is 1.00 bits per heavy atom. The zero-order chi connectivity index (χ0) is 16.6. The summed E-state index contributed by atoms with van der Waals surface area (Å²) in [7, 11) is 0. The average Bonchev–Trinajstić information content (AvgIpc) is 2.57. The molecule has 5 heteroatoms. The molecule has 2 aliphatic rings. The van der Waals surface area contributed by atoms with E-state index in [1.54, 1.807) is 43.4 Å². The third kappa shape index (κ3) is 2.65. The first kappa shape index (κ1) is 15.1. The molecule has 0 N–H and O–H groups in total. The van der Waals surface area contributed by atoms with Crippen LogP contribution in [0.4, 0.5) is 5.69 Å². The number of non-ortho nitro benzene ring substituents is 1. The predicted octanol–water partition coefficient (Wildman–Crippen LogP) is 2.96. The quantitative estimate of drug-likeness (QED) is 0.635. The van der Waals surface area contributed by atoms with E-state index < -0.39 is 16.8 Å². The van der Waals surface area contributed by atoms with Crippen molar-refractivity contribution >= 4 is 17.3 Å². The van der Waals surface area contributed by atoms with Gasteiger partial charge in [-0.2, -0.15) is 0 Å². The van der Waals surface area contributed by atoms with Crippen LogP contribution in [0.15, 0.2) is 59.7 Å². The molecule has 0 saturated heterocycles. The molecular formula is C18H15NO4. The van der Waals surface area contributed by atoms with Crippen LogP contribution in [0.2, 0.25) is 0 Å². The largest absolute Gasteiger partial charge is 0.294 e. The van der Waals surface area contributed by atoms with Crippen molar-refractivity contribution in [2.75, 3.05) is 0 Å². The summed E-state index contributed by atoms with van der Waals surface area (Å²) < 4.78 is 0. The number of allylic oxidation sites excluding steroid dienone is 6. The summed E-state index contributed by atoms with van der Waals surface area (Å²) in [6.45, 7) is 1.68. The van der Waals surface area contributed by atoms with Gasteiger partial charge in [0.25, 0.3) is 5.69 Å². The van der Waals surface area contributed by atoms with E-state index in [9.17, 15) is 19.7 Å². The lowest BCUT2D eigenvalue weighted by molar-refractivity contribution is -0.384. The van der Waals surface area contributed by atoms with Gasteiger partial charge in [-0.1, -0.05) is 36.4 Å². The summed E-state index contributed by atoms with van der Waals surface area (Å²) in [5.41, 5.74) is 1.78. The van der Waals surface area contributed by atoms with E-state index in [-0.39, 0.29) is 17.3 Å². The first-order valence-corrected chi connectivity index (χ1v) is 7.35. The Morgan fingerprint density at radius 3 is 2.13 bits per heavy atom. The average molecular weight is 309 g/mol. The summed E-state index contributed by atoms with van der Waals surface area (Å²) in [5, 5.41) is 10.7. The summed E-state index contributed by atoms with van der Waals surface area (Å²) in [5.74, 6) is -0.879. The van der Waals surface area contributed by atoms with E-state index in [4.69, 9.17) is 0 Å². The lowest BCUT2D eigenvalue weighted by Gasteiger charge is -2.29. The maximum Gasteiger partial charge on any atom is 0.269 e. The summed E-state index contributed by atoms with van der Waals surface area (Å²) in [4.78, 5) is 35.4. The number of nitrogens with zero attached hydrogens (tertiary/aromatic N) is 1. The lowest BCUT2D eigenvalue weighted by Crippen LogP contribution is -2.36. The number of carbonyl (C=O) groups is 2. The number of rotatable bonds is 3. The zero-order valence-electron chi connectivity index (χ0n) is 12.6. The Labute approximate surface area is 133 Å². The van der Waals surface area contributed by atoms with Crippen LogP contribution in [-0.4, -0.2) is 16.5 Å². The minimum Gasteiger partial charge on any atom is -0.294 e. The molecule has 23 heavy (non-hydrogen) atoms. The molecule has 5 nitrogen and oxygen atoms in total. The molecule has 1 aromatic carbocycles. The van der Waals surface area contributed by atoms with Gasteiger partial charge in [0, 0.05) is 24.1 Å². The molecule has 0 heterocycles. The topological polar surface area (TPSA) is 77.3 Å². The van der Waals surface area contributed by atoms with Gasteiger partial charge in [-0.15, -0.1) is 0 Å². The number of ketones is 2. The van der Waals surface area contributed by atoms with E-state index in [0.29, 0.717) is 17.6 Å². The van der Waals surface area contributed by atoms with Crippen molar-refractivity contribution in [2.24, 2.45) is 11.8 Å².